The van der Waals surface area contributed by atoms with E-state index in [0.717, 1.165) is 24.8 Å². The average molecular weight is 299 g/mol. The third-order valence-corrected chi connectivity index (χ3v) is 4.54. The normalized spacial score (nSPS) is 17.0. The van der Waals surface area contributed by atoms with Crippen molar-refractivity contribution in [3.63, 3.8) is 0 Å². The molecule has 1 aliphatic rings. The van der Waals surface area contributed by atoms with Gasteiger partial charge < -0.3 is 4.74 Å². The van der Waals surface area contributed by atoms with Crippen molar-refractivity contribution < 1.29 is 4.74 Å². The Kier molecular flexibility index (Phi) is 5.24. The Morgan fingerprint density at radius 3 is 2.64 bits per heavy atom. The molecule has 3 rings (SSSR count). The lowest BCUT2D eigenvalue weighted by Crippen LogP contribution is -2.34. The quantitative estimate of drug-likeness (QED) is 0.821. The summed E-state index contributed by atoms with van der Waals surface area (Å²) in [6.07, 6.45) is 5.66. The van der Waals surface area contributed by atoms with Crippen LogP contribution in [-0.2, 0) is 11.3 Å². The molecule has 118 valence electrons. The Balaban J connectivity index is 1.58. The molecule has 1 fully saturated rings. The fourth-order valence-electron chi connectivity index (χ4n) is 3.20. The number of aromatic nitrogens is 2. The summed E-state index contributed by atoms with van der Waals surface area (Å²) in [5, 5.41) is 4.48. The van der Waals surface area contributed by atoms with Gasteiger partial charge in [0.05, 0.1) is 11.4 Å². The van der Waals surface area contributed by atoms with E-state index in [1.165, 1.54) is 38.0 Å². The molecule has 0 aliphatic carbocycles. The number of nitrogens with zero attached hydrogens (tertiary/aromatic N) is 3. The van der Waals surface area contributed by atoms with Crippen molar-refractivity contribution in [2.75, 3.05) is 26.8 Å². The maximum atomic E-state index is 5.20. The monoisotopic (exact) mass is 299 g/mol. The molecule has 1 aromatic heterocycles. The highest BCUT2D eigenvalue weighted by Gasteiger charge is 2.20. The van der Waals surface area contributed by atoms with Gasteiger partial charge in [-0.15, -0.1) is 0 Å². The highest BCUT2D eigenvalue weighted by atomic mass is 16.5. The van der Waals surface area contributed by atoms with E-state index < -0.39 is 0 Å². The van der Waals surface area contributed by atoms with E-state index in [0.29, 0.717) is 0 Å². The molecule has 0 saturated carbocycles. The second kappa shape index (κ2) is 7.56. The number of methoxy groups -OCH3 is 1. The molecule has 0 N–H and O–H groups in total. The molecule has 2 heterocycles. The van der Waals surface area contributed by atoms with Crippen LogP contribution in [0.3, 0.4) is 0 Å². The predicted octanol–water partition coefficient (Wildman–Crippen LogP) is 3.12. The molecule has 0 radical (unpaired) electrons. The molecule has 1 aromatic carbocycles. The minimum absolute atomic E-state index is 0.829. The fourth-order valence-corrected chi connectivity index (χ4v) is 3.20. The summed E-state index contributed by atoms with van der Waals surface area (Å²) >= 11 is 0. The van der Waals surface area contributed by atoms with Crippen molar-refractivity contribution in [1.82, 2.24) is 14.7 Å². The van der Waals surface area contributed by atoms with Crippen molar-refractivity contribution in [2.45, 2.75) is 25.8 Å². The summed E-state index contributed by atoms with van der Waals surface area (Å²) in [5.41, 5.74) is 2.40. The summed E-state index contributed by atoms with van der Waals surface area (Å²) in [7, 11) is 1.79. The summed E-state index contributed by atoms with van der Waals surface area (Å²) in [5.74, 6) is 0.829. The molecule has 0 bridgehead atoms. The molecule has 0 atom stereocenters. The summed E-state index contributed by atoms with van der Waals surface area (Å²) in [4.78, 5) is 2.54. The molecule has 22 heavy (non-hydrogen) atoms. The molecule has 0 spiro atoms. The van der Waals surface area contributed by atoms with Gasteiger partial charge in [-0.05, 0) is 56.5 Å². The number of benzene rings is 1. The van der Waals surface area contributed by atoms with Crippen LogP contribution < -0.4 is 0 Å². The number of rotatable bonds is 6. The lowest BCUT2D eigenvalue weighted by atomic mass is 9.94. The van der Waals surface area contributed by atoms with Crippen LogP contribution in [0.4, 0.5) is 0 Å². The molecule has 0 unspecified atom stereocenters. The van der Waals surface area contributed by atoms with Crippen LogP contribution >= 0.6 is 0 Å². The molecule has 2 aromatic rings. The van der Waals surface area contributed by atoms with Crippen molar-refractivity contribution in [3.05, 3.63) is 48.3 Å². The highest BCUT2D eigenvalue weighted by Crippen LogP contribution is 2.22. The lowest BCUT2D eigenvalue weighted by Gasteiger charge is -2.31. The molecule has 4 nitrogen and oxygen atoms in total. The average Bonchev–Trinajstić information content (AvgIpc) is 3.03. The Labute approximate surface area is 132 Å². The van der Waals surface area contributed by atoms with Crippen LogP contribution in [0.2, 0.25) is 0 Å². The number of hydrogen-bond acceptors (Lipinski definition) is 3. The second-order valence-electron chi connectivity index (χ2n) is 6.07. The lowest BCUT2D eigenvalue weighted by molar-refractivity contribution is 0.131. The zero-order valence-electron chi connectivity index (χ0n) is 13.3. The van der Waals surface area contributed by atoms with Gasteiger partial charge in [-0.2, -0.15) is 5.10 Å². The van der Waals surface area contributed by atoms with Crippen LogP contribution in [0, 0.1) is 5.92 Å². The number of hydrogen-bond donors (Lipinski definition) is 0. The number of ether oxygens (including phenoxy) is 1. The number of likely N-dealkylation sites (tertiary alicyclic amines) is 1. The molecular weight excluding hydrogens is 274 g/mol. The van der Waals surface area contributed by atoms with Gasteiger partial charge in [-0.25, -0.2) is 4.68 Å². The largest absolute Gasteiger partial charge is 0.385 e. The third kappa shape index (κ3) is 3.76. The van der Waals surface area contributed by atoms with E-state index in [9.17, 15) is 0 Å². The van der Waals surface area contributed by atoms with Crippen molar-refractivity contribution in [1.29, 1.82) is 0 Å². The topological polar surface area (TPSA) is 30.3 Å². The van der Waals surface area contributed by atoms with Crippen LogP contribution in [-0.4, -0.2) is 41.5 Å². The fraction of sp³-hybridized carbons (Fsp3) is 0.500. The SMILES string of the molecule is COCCC1CCN(Cc2ccnn2-c2ccccc2)CC1. The number of piperidine rings is 1. The van der Waals surface area contributed by atoms with Gasteiger partial charge in [-0.3, -0.25) is 4.90 Å². The maximum Gasteiger partial charge on any atom is 0.0649 e. The van der Waals surface area contributed by atoms with Crippen LogP contribution in [0.25, 0.3) is 5.69 Å². The van der Waals surface area contributed by atoms with E-state index in [1.54, 1.807) is 7.11 Å². The molecule has 1 saturated heterocycles. The van der Waals surface area contributed by atoms with Crippen LogP contribution in [0.1, 0.15) is 25.0 Å². The van der Waals surface area contributed by atoms with Gasteiger partial charge in [-0.1, -0.05) is 18.2 Å². The van der Waals surface area contributed by atoms with Gasteiger partial charge in [0.1, 0.15) is 0 Å². The predicted molar refractivity (Wildman–Crippen MR) is 88.1 cm³/mol. The van der Waals surface area contributed by atoms with Crippen LogP contribution in [0.5, 0.6) is 0 Å². The molecule has 1 aliphatic heterocycles. The molecular formula is C18H25N3O. The summed E-state index contributed by atoms with van der Waals surface area (Å²) < 4.78 is 7.25. The van der Waals surface area contributed by atoms with Crippen LogP contribution in [0.15, 0.2) is 42.6 Å². The minimum atomic E-state index is 0.829. The Morgan fingerprint density at radius 1 is 1.14 bits per heavy atom. The zero-order valence-corrected chi connectivity index (χ0v) is 13.3. The van der Waals surface area contributed by atoms with E-state index in [1.807, 2.05) is 12.3 Å². The first-order valence-electron chi connectivity index (χ1n) is 8.16. The van der Waals surface area contributed by atoms with Crippen molar-refractivity contribution in [3.8, 4) is 5.69 Å². The zero-order chi connectivity index (χ0) is 15.2. The first-order chi connectivity index (χ1) is 10.9. The van der Waals surface area contributed by atoms with Gasteiger partial charge in [0, 0.05) is 26.5 Å². The molecule has 0 amide bonds. The Hall–Kier alpha value is -1.65. The van der Waals surface area contributed by atoms with Crippen molar-refractivity contribution in [2.24, 2.45) is 5.92 Å². The highest BCUT2D eigenvalue weighted by molar-refractivity contribution is 5.32. The number of para-hydroxylation sites is 1. The van der Waals surface area contributed by atoms with E-state index in [-0.39, 0.29) is 0 Å². The molecule has 4 heteroatoms. The van der Waals surface area contributed by atoms with E-state index in [4.69, 9.17) is 4.74 Å². The van der Waals surface area contributed by atoms with Gasteiger partial charge >= 0.3 is 0 Å². The Bertz CT molecular complexity index is 559. The first kappa shape index (κ1) is 15.3. The first-order valence-corrected chi connectivity index (χ1v) is 8.16. The third-order valence-electron chi connectivity index (χ3n) is 4.54. The van der Waals surface area contributed by atoms with Gasteiger partial charge in [0.25, 0.3) is 0 Å². The maximum absolute atomic E-state index is 5.20. The van der Waals surface area contributed by atoms with E-state index in [2.05, 4.69) is 45.0 Å². The van der Waals surface area contributed by atoms with Gasteiger partial charge in [0.2, 0.25) is 0 Å². The minimum Gasteiger partial charge on any atom is -0.385 e. The summed E-state index contributed by atoms with van der Waals surface area (Å²) in [6, 6.07) is 12.5. The second-order valence-corrected chi connectivity index (χ2v) is 6.07. The standard InChI is InChI=1S/C18H25N3O/c1-22-14-10-16-8-12-20(13-9-16)15-18-7-11-19-21(18)17-5-3-2-4-6-17/h2-7,11,16H,8-10,12-15H2,1H3. The summed E-state index contributed by atoms with van der Waals surface area (Å²) in [6.45, 7) is 4.22. The Morgan fingerprint density at radius 2 is 1.91 bits per heavy atom. The van der Waals surface area contributed by atoms with Gasteiger partial charge in [0.15, 0.2) is 0 Å². The van der Waals surface area contributed by atoms with Crippen molar-refractivity contribution >= 4 is 0 Å². The van der Waals surface area contributed by atoms with E-state index >= 15 is 0 Å². The smallest absolute Gasteiger partial charge is 0.0649 e.